The van der Waals surface area contributed by atoms with E-state index in [2.05, 4.69) is 19.2 Å². The lowest BCUT2D eigenvalue weighted by molar-refractivity contribution is 0.0529. The van der Waals surface area contributed by atoms with E-state index in [1.165, 1.54) is 0 Å². The predicted molar refractivity (Wildman–Crippen MR) is 81.2 cm³/mol. The number of nitrogens with one attached hydrogen (secondary N) is 1. The van der Waals surface area contributed by atoms with Gasteiger partial charge in [0.1, 0.15) is 15.4 Å². The summed E-state index contributed by atoms with van der Waals surface area (Å²) in [5, 5.41) is 3.67. The summed E-state index contributed by atoms with van der Waals surface area (Å²) in [5.74, 6) is -0.655. The van der Waals surface area contributed by atoms with Crippen molar-refractivity contribution in [1.29, 1.82) is 0 Å². The van der Waals surface area contributed by atoms with Crippen molar-refractivity contribution in [3.8, 4) is 0 Å². The van der Waals surface area contributed by atoms with Crippen LogP contribution in [-0.2, 0) is 4.74 Å². The zero-order chi connectivity index (χ0) is 15.3. The molecular formula is C13H21N3O3S. The molecule has 0 fully saturated rings. The number of anilines is 2. The molecule has 0 aromatic carbocycles. The Hall–Kier alpha value is -1.76. The molecule has 1 heterocycles. The lowest BCUT2D eigenvalue weighted by atomic mass is 10.1. The lowest BCUT2D eigenvalue weighted by Crippen LogP contribution is -2.13. The minimum atomic E-state index is -0.644. The highest BCUT2D eigenvalue weighted by Gasteiger charge is 2.25. The summed E-state index contributed by atoms with van der Waals surface area (Å²) in [4.78, 5) is 23.4. The van der Waals surface area contributed by atoms with Crippen molar-refractivity contribution in [2.75, 3.05) is 24.2 Å². The van der Waals surface area contributed by atoms with E-state index < -0.39 is 11.9 Å². The zero-order valence-electron chi connectivity index (χ0n) is 12.0. The van der Waals surface area contributed by atoms with E-state index in [9.17, 15) is 9.59 Å². The number of thiophene rings is 1. The molecule has 1 aromatic heterocycles. The molecule has 0 saturated heterocycles. The van der Waals surface area contributed by atoms with Gasteiger partial charge in [-0.3, -0.25) is 4.79 Å². The molecule has 0 aliphatic carbocycles. The topological polar surface area (TPSA) is 107 Å². The summed E-state index contributed by atoms with van der Waals surface area (Å²) in [5.41, 5.74) is 11.4. The van der Waals surface area contributed by atoms with Gasteiger partial charge in [0.25, 0.3) is 5.91 Å². The van der Waals surface area contributed by atoms with Gasteiger partial charge in [-0.05, 0) is 19.3 Å². The average Bonchev–Trinajstić information content (AvgIpc) is 2.66. The molecule has 1 rings (SSSR count). The van der Waals surface area contributed by atoms with Crippen LogP contribution in [0.4, 0.5) is 10.7 Å². The maximum absolute atomic E-state index is 11.9. The number of primary amides is 1. The van der Waals surface area contributed by atoms with Crippen molar-refractivity contribution in [2.24, 2.45) is 11.7 Å². The van der Waals surface area contributed by atoms with Crippen LogP contribution >= 0.6 is 11.3 Å². The van der Waals surface area contributed by atoms with E-state index >= 15 is 0 Å². The number of hydrogen-bond acceptors (Lipinski definition) is 6. The Labute approximate surface area is 122 Å². The molecule has 0 radical (unpaired) electrons. The Balaban J connectivity index is 3.03. The Kier molecular flexibility index (Phi) is 5.82. The highest BCUT2D eigenvalue weighted by Crippen LogP contribution is 2.36. The number of nitrogens with two attached hydrogens (primary N) is 2. The fourth-order valence-corrected chi connectivity index (χ4v) is 2.62. The standard InChI is InChI=1S/C13H21N3O3S/c1-4-19-13(18)8-9(14)10(11(15)17)20-12(8)16-6-5-7(2)3/h7,16H,4-6,14H2,1-3H3,(H2,15,17). The van der Waals surface area contributed by atoms with E-state index in [0.29, 0.717) is 17.5 Å². The van der Waals surface area contributed by atoms with E-state index in [4.69, 9.17) is 16.2 Å². The number of esters is 1. The summed E-state index contributed by atoms with van der Waals surface area (Å²) in [6, 6.07) is 0. The molecule has 0 spiro atoms. The van der Waals surface area contributed by atoms with Crippen molar-refractivity contribution in [3.63, 3.8) is 0 Å². The Bertz CT molecular complexity index is 497. The highest BCUT2D eigenvalue weighted by molar-refractivity contribution is 7.19. The molecule has 7 heteroatoms. The molecule has 1 amide bonds. The zero-order valence-corrected chi connectivity index (χ0v) is 12.8. The monoisotopic (exact) mass is 299 g/mol. The van der Waals surface area contributed by atoms with Crippen LogP contribution in [0.5, 0.6) is 0 Å². The number of carbonyl (C=O) groups is 2. The van der Waals surface area contributed by atoms with Gasteiger partial charge in [-0.1, -0.05) is 13.8 Å². The van der Waals surface area contributed by atoms with Gasteiger partial charge in [0.05, 0.1) is 12.3 Å². The summed E-state index contributed by atoms with van der Waals surface area (Å²) in [7, 11) is 0. The largest absolute Gasteiger partial charge is 0.462 e. The summed E-state index contributed by atoms with van der Waals surface area (Å²) in [6.45, 7) is 6.84. The molecule has 0 aliphatic heterocycles. The van der Waals surface area contributed by atoms with Gasteiger partial charge >= 0.3 is 5.97 Å². The summed E-state index contributed by atoms with van der Waals surface area (Å²) >= 11 is 1.09. The number of ether oxygens (including phenoxy) is 1. The molecule has 6 nitrogen and oxygen atoms in total. The number of nitrogen functional groups attached to an aromatic ring is 1. The number of amides is 1. The Morgan fingerprint density at radius 3 is 2.55 bits per heavy atom. The van der Waals surface area contributed by atoms with Gasteiger partial charge in [-0.15, -0.1) is 11.3 Å². The Morgan fingerprint density at radius 2 is 2.05 bits per heavy atom. The maximum Gasteiger partial charge on any atom is 0.343 e. The first kappa shape index (κ1) is 16.3. The second kappa shape index (κ2) is 7.14. The fourth-order valence-electron chi connectivity index (χ4n) is 1.63. The van der Waals surface area contributed by atoms with Crippen LogP contribution < -0.4 is 16.8 Å². The van der Waals surface area contributed by atoms with Crippen molar-refractivity contribution >= 4 is 33.9 Å². The first-order valence-electron chi connectivity index (χ1n) is 6.51. The van der Waals surface area contributed by atoms with Crippen molar-refractivity contribution in [2.45, 2.75) is 27.2 Å². The minimum Gasteiger partial charge on any atom is -0.462 e. The molecule has 0 saturated carbocycles. The van der Waals surface area contributed by atoms with Gasteiger partial charge in [0.2, 0.25) is 0 Å². The van der Waals surface area contributed by atoms with Gasteiger partial charge in [-0.25, -0.2) is 4.79 Å². The Morgan fingerprint density at radius 1 is 1.40 bits per heavy atom. The SMILES string of the molecule is CCOC(=O)c1c(NCCC(C)C)sc(C(N)=O)c1N. The molecule has 0 unspecified atom stereocenters. The van der Waals surface area contributed by atoms with Crippen LogP contribution in [-0.4, -0.2) is 25.0 Å². The number of rotatable bonds is 7. The second-order valence-electron chi connectivity index (χ2n) is 4.74. The normalized spacial score (nSPS) is 10.6. The average molecular weight is 299 g/mol. The number of carbonyl (C=O) groups excluding carboxylic acids is 2. The van der Waals surface area contributed by atoms with E-state index in [-0.39, 0.29) is 22.7 Å². The van der Waals surface area contributed by atoms with Crippen LogP contribution in [0, 0.1) is 5.92 Å². The summed E-state index contributed by atoms with van der Waals surface area (Å²) in [6.07, 6.45) is 0.936. The quantitative estimate of drug-likeness (QED) is 0.668. The van der Waals surface area contributed by atoms with Crippen molar-refractivity contribution in [1.82, 2.24) is 0 Å². The van der Waals surface area contributed by atoms with Gasteiger partial charge in [0.15, 0.2) is 0 Å². The van der Waals surface area contributed by atoms with Crippen molar-refractivity contribution < 1.29 is 14.3 Å². The smallest absolute Gasteiger partial charge is 0.343 e. The molecule has 1 aromatic rings. The molecule has 5 N–H and O–H groups in total. The van der Waals surface area contributed by atoms with Crippen LogP contribution in [0.25, 0.3) is 0 Å². The van der Waals surface area contributed by atoms with Gasteiger partial charge in [0, 0.05) is 6.54 Å². The highest BCUT2D eigenvalue weighted by atomic mass is 32.1. The molecular weight excluding hydrogens is 278 g/mol. The maximum atomic E-state index is 11.9. The van der Waals surface area contributed by atoms with Gasteiger partial charge < -0.3 is 21.5 Å². The van der Waals surface area contributed by atoms with Gasteiger partial charge in [-0.2, -0.15) is 0 Å². The molecule has 0 bridgehead atoms. The first-order valence-corrected chi connectivity index (χ1v) is 7.33. The predicted octanol–water partition coefficient (Wildman–Crippen LogP) is 2.06. The first-order chi connectivity index (χ1) is 9.38. The van der Waals surface area contributed by atoms with E-state index in [1.54, 1.807) is 6.92 Å². The summed E-state index contributed by atoms with van der Waals surface area (Å²) < 4.78 is 4.97. The molecule has 0 aliphatic rings. The number of hydrogen-bond donors (Lipinski definition) is 3. The van der Waals surface area contributed by atoms with Crippen LogP contribution in [0.1, 0.15) is 47.2 Å². The van der Waals surface area contributed by atoms with Crippen LogP contribution in [0.2, 0.25) is 0 Å². The third kappa shape index (κ3) is 3.86. The third-order valence-electron chi connectivity index (χ3n) is 2.66. The van der Waals surface area contributed by atoms with Crippen LogP contribution in [0.3, 0.4) is 0 Å². The van der Waals surface area contributed by atoms with Crippen LogP contribution in [0.15, 0.2) is 0 Å². The second-order valence-corrected chi connectivity index (χ2v) is 5.76. The van der Waals surface area contributed by atoms with Crippen molar-refractivity contribution in [3.05, 3.63) is 10.4 Å². The fraction of sp³-hybridized carbons (Fsp3) is 0.538. The molecule has 20 heavy (non-hydrogen) atoms. The molecule has 112 valence electrons. The third-order valence-corrected chi connectivity index (χ3v) is 3.83. The van der Waals surface area contributed by atoms with E-state index in [0.717, 1.165) is 17.8 Å². The molecule has 0 atom stereocenters. The lowest BCUT2D eigenvalue weighted by Gasteiger charge is -2.09. The minimum absolute atomic E-state index is 0.0907. The van der Waals surface area contributed by atoms with E-state index in [1.807, 2.05) is 0 Å².